The standard InChI is InChI=1S/C42H70O5P/c1-11-37-35(21-23-41(39(37)13-3)44-27-25-33(9)19-15-17-31(5)6)29-46-48(43)47-30-36-22-24-42(40(14-4)38(36)12-2)45-28-26-34(10)20-16-18-32(7)8/h21-24,31-34H,11-20,25-30H2,1-10H3/q+1. The SMILES string of the molecule is CCc1c(CO[P+](=O)OCc2ccc(OCCC(C)CCCC(C)C)c(CC)c2CC)ccc(OCCC(C)CCCC(C)C)c1CC. The van der Waals surface area contributed by atoms with Gasteiger partial charge in [-0.2, -0.15) is 0 Å². The first-order valence-electron chi connectivity index (χ1n) is 19.3. The molecular weight excluding hydrogens is 615 g/mol. The fourth-order valence-electron chi connectivity index (χ4n) is 6.70. The van der Waals surface area contributed by atoms with Gasteiger partial charge < -0.3 is 9.47 Å². The summed E-state index contributed by atoms with van der Waals surface area (Å²) in [5.74, 6) is 4.81. The van der Waals surface area contributed by atoms with E-state index >= 15 is 0 Å². The van der Waals surface area contributed by atoms with Gasteiger partial charge in [0.2, 0.25) is 0 Å². The predicted molar refractivity (Wildman–Crippen MR) is 204 cm³/mol. The molecule has 2 aromatic carbocycles. The summed E-state index contributed by atoms with van der Waals surface area (Å²) in [6.07, 6.45) is 13.3. The first kappa shape index (κ1) is 42.2. The Labute approximate surface area is 296 Å². The minimum Gasteiger partial charge on any atom is -0.493 e. The van der Waals surface area contributed by atoms with Crippen LogP contribution in [0.1, 0.15) is 154 Å². The summed E-state index contributed by atoms with van der Waals surface area (Å²) in [4.78, 5) is 0. The van der Waals surface area contributed by atoms with Crippen LogP contribution in [0.2, 0.25) is 0 Å². The largest absolute Gasteiger partial charge is 0.698 e. The van der Waals surface area contributed by atoms with Crippen LogP contribution < -0.4 is 9.47 Å². The molecule has 5 nitrogen and oxygen atoms in total. The molecule has 0 N–H and O–H groups in total. The van der Waals surface area contributed by atoms with E-state index in [1.807, 2.05) is 0 Å². The molecule has 272 valence electrons. The molecule has 0 saturated heterocycles. The lowest BCUT2D eigenvalue weighted by Gasteiger charge is -2.18. The first-order chi connectivity index (χ1) is 23.0. The van der Waals surface area contributed by atoms with Gasteiger partial charge in [0.25, 0.3) is 0 Å². The Hall–Kier alpha value is -1.94. The molecule has 0 spiro atoms. The molecule has 2 aromatic rings. The maximum absolute atomic E-state index is 12.9. The summed E-state index contributed by atoms with van der Waals surface area (Å²) in [6.45, 7) is 24.5. The molecule has 0 radical (unpaired) electrons. The van der Waals surface area contributed by atoms with Gasteiger partial charge in [0.15, 0.2) is 0 Å². The number of rotatable bonds is 26. The molecule has 0 heterocycles. The van der Waals surface area contributed by atoms with Crippen molar-refractivity contribution in [2.24, 2.45) is 23.7 Å². The van der Waals surface area contributed by atoms with Crippen LogP contribution in [-0.4, -0.2) is 13.2 Å². The third-order valence-corrected chi connectivity index (χ3v) is 10.4. The minimum atomic E-state index is -2.27. The monoisotopic (exact) mass is 685 g/mol. The molecule has 0 aliphatic rings. The highest BCUT2D eigenvalue weighted by Gasteiger charge is 2.24. The number of benzene rings is 2. The predicted octanol–water partition coefficient (Wildman–Crippen LogP) is 12.8. The molecule has 0 aromatic heterocycles. The van der Waals surface area contributed by atoms with Crippen molar-refractivity contribution in [3.63, 3.8) is 0 Å². The van der Waals surface area contributed by atoms with Gasteiger partial charge in [0.1, 0.15) is 24.7 Å². The molecule has 48 heavy (non-hydrogen) atoms. The van der Waals surface area contributed by atoms with Gasteiger partial charge >= 0.3 is 8.25 Å². The smallest absolute Gasteiger partial charge is 0.493 e. The molecule has 2 atom stereocenters. The molecule has 0 aliphatic heterocycles. The van der Waals surface area contributed by atoms with Crippen LogP contribution in [-0.2, 0) is 52.5 Å². The van der Waals surface area contributed by atoms with E-state index in [4.69, 9.17) is 18.5 Å². The van der Waals surface area contributed by atoms with Crippen molar-refractivity contribution in [3.05, 3.63) is 57.6 Å². The highest BCUT2D eigenvalue weighted by molar-refractivity contribution is 7.33. The number of hydrogen-bond acceptors (Lipinski definition) is 5. The topological polar surface area (TPSA) is 54.0 Å². The maximum Gasteiger partial charge on any atom is 0.698 e. The van der Waals surface area contributed by atoms with E-state index in [2.05, 4.69) is 93.5 Å². The van der Waals surface area contributed by atoms with Crippen molar-refractivity contribution in [1.82, 2.24) is 0 Å². The zero-order valence-corrected chi connectivity index (χ0v) is 33.3. The van der Waals surface area contributed by atoms with Crippen molar-refractivity contribution in [2.75, 3.05) is 13.2 Å². The Balaban J connectivity index is 1.93. The van der Waals surface area contributed by atoms with Crippen molar-refractivity contribution < 1.29 is 23.1 Å². The third-order valence-electron chi connectivity index (χ3n) is 9.73. The van der Waals surface area contributed by atoms with Crippen molar-refractivity contribution >= 4 is 8.25 Å². The van der Waals surface area contributed by atoms with E-state index in [0.717, 1.165) is 86.2 Å². The van der Waals surface area contributed by atoms with Gasteiger partial charge in [-0.1, -0.05) is 120 Å². The maximum atomic E-state index is 12.9. The molecule has 0 amide bonds. The van der Waals surface area contributed by atoms with Gasteiger partial charge in [-0.05, 0) is 108 Å². The van der Waals surface area contributed by atoms with Gasteiger partial charge in [-0.15, -0.1) is 9.05 Å². The van der Waals surface area contributed by atoms with Crippen LogP contribution in [0.3, 0.4) is 0 Å². The van der Waals surface area contributed by atoms with E-state index in [1.165, 1.54) is 60.8 Å². The van der Waals surface area contributed by atoms with Gasteiger partial charge in [-0.3, -0.25) is 0 Å². The van der Waals surface area contributed by atoms with Gasteiger partial charge in [-0.25, -0.2) is 0 Å². The Kier molecular flexibility index (Phi) is 20.6. The third kappa shape index (κ3) is 14.9. The summed E-state index contributed by atoms with van der Waals surface area (Å²) in [5.41, 5.74) is 7.01. The van der Waals surface area contributed by atoms with Crippen LogP contribution in [0.5, 0.6) is 11.5 Å². The second-order valence-electron chi connectivity index (χ2n) is 14.7. The van der Waals surface area contributed by atoms with E-state index in [9.17, 15) is 4.57 Å². The van der Waals surface area contributed by atoms with E-state index in [-0.39, 0.29) is 13.2 Å². The fraction of sp³-hybridized carbons (Fsp3) is 0.714. The number of ether oxygens (including phenoxy) is 2. The van der Waals surface area contributed by atoms with Crippen LogP contribution in [0.15, 0.2) is 24.3 Å². The van der Waals surface area contributed by atoms with Gasteiger partial charge in [0, 0.05) is 4.57 Å². The lowest BCUT2D eigenvalue weighted by atomic mass is 9.96. The van der Waals surface area contributed by atoms with Gasteiger partial charge in [0.05, 0.1) is 13.2 Å². The van der Waals surface area contributed by atoms with E-state index in [0.29, 0.717) is 11.8 Å². The summed E-state index contributed by atoms with van der Waals surface area (Å²) < 4.78 is 37.1. The summed E-state index contributed by atoms with van der Waals surface area (Å²) in [6, 6.07) is 8.25. The summed E-state index contributed by atoms with van der Waals surface area (Å²) in [5, 5.41) is 0. The highest BCUT2D eigenvalue weighted by atomic mass is 31.1. The van der Waals surface area contributed by atoms with Crippen molar-refractivity contribution in [1.29, 1.82) is 0 Å². The van der Waals surface area contributed by atoms with E-state index < -0.39 is 8.25 Å². The van der Waals surface area contributed by atoms with Crippen LogP contribution in [0.25, 0.3) is 0 Å². The zero-order valence-electron chi connectivity index (χ0n) is 32.4. The second kappa shape index (κ2) is 23.5. The van der Waals surface area contributed by atoms with Crippen LogP contribution >= 0.6 is 8.25 Å². The molecule has 0 bridgehead atoms. The average Bonchev–Trinajstić information content (AvgIpc) is 3.05. The Bertz CT molecular complexity index is 1120. The molecule has 6 heteroatoms. The van der Waals surface area contributed by atoms with Crippen LogP contribution in [0, 0.1) is 23.7 Å². The first-order valence-corrected chi connectivity index (χ1v) is 20.4. The highest BCUT2D eigenvalue weighted by Crippen LogP contribution is 2.34. The van der Waals surface area contributed by atoms with Crippen molar-refractivity contribution in [2.45, 2.75) is 160 Å². The lowest BCUT2D eigenvalue weighted by Crippen LogP contribution is -2.08. The second-order valence-corrected chi connectivity index (χ2v) is 15.6. The summed E-state index contributed by atoms with van der Waals surface area (Å²) in [7, 11) is -2.27. The van der Waals surface area contributed by atoms with Crippen LogP contribution in [0.4, 0.5) is 0 Å². The summed E-state index contributed by atoms with van der Waals surface area (Å²) >= 11 is 0. The fourth-order valence-corrected chi connectivity index (χ4v) is 7.26. The Morgan fingerprint density at radius 2 is 0.896 bits per heavy atom. The quantitative estimate of drug-likeness (QED) is 0.0923. The minimum absolute atomic E-state index is 0.252. The Morgan fingerprint density at radius 3 is 1.23 bits per heavy atom. The van der Waals surface area contributed by atoms with Crippen molar-refractivity contribution in [3.8, 4) is 11.5 Å². The lowest BCUT2D eigenvalue weighted by molar-refractivity contribution is 0.211. The molecule has 0 fully saturated rings. The molecule has 0 saturated carbocycles. The average molecular weight is 686 g/mol. The normalized spacial score (nSPS) is 13.3. The Morgan fingerprint density at radius 1 is 0.521 bits per heavy atom. The van der Waals surface area contributed by atoms with E-state index in [1.54, 1.807) is 0 Å². The molecular formula is C42H70O5P+. The molecule has 2 unspecified atom stereocenters. The zero-order chi connectivity index (χ0) is 35.5. The number of hydrogen-bond donors (Lipinski definition) is 0. The molecule has 2 rings (SSSR count). The molecule has 0 aliphatic carbocycles.